The quantitative estimate of drug-likeness (QED) is 0.470. The van der Waals surface area contributed by atoms with Gasteiger partial charge in [-0.05, 0) is 13.0 Å². The summed E-state index contributed by atoms with van der Waals surface area (Å²) in [6, 6.07) is 2.66. The molecule has 9 nitrogen and oxygen atoms in total. The van der Waals surface area contributed by atoms with Gasteiger partial charge in [0.2, 0.25) is 0 Å². The van der Waals surface area contributed by atoms with Gasteiger partial charge in [-0.15, -0.1) is 0 Å². The second-order valence-corrected chi connectivity index (χ2v) is 4.85. The van der Waals surface area contributed by atoms with Gasteiger partial charge >= 0.3 is 11.7 Å². The average Bonchev–Trinajstić information content (AvgIpc) is 3.05. The first-order valence-corrected chi connectivity index (χ1v) is 7.19. The molecular weight excluding hydrogens is 316 g/mol. The molecule has 0 fully saturated rings. The molecule has 2 aromatic rings. The molecule has 0 aliphatic rings. The topological polar surface area (TPSA) is 109 Å². The molecule has 0 aliphatic heterocycles. The number of nitro benzene ring substituents is 1. The monoisotopic (exact) mass is 334 g/mol. The fourth-order valence-corrected chi connectivity index (χ4v) is 2.29. The first kappa shape index (κ1) is 17.3. The summed E-state index contributed by atoms with van der Waals surface area (Å²) in [5, 5.41) is 14.4. The average molecular weight is 334 g/mol. The van der Waals surface area contributed by atoms with E-state index >= 15 is 0 Å². The summed E-state index contributed by atoms with van der Waals surface area (Å²) in [7, 11) is 2.54. The maximum atomic E-state index is 11.8. The Hall–Kier alpha value is -3.10. The number of anilines is 1. The number of ether oxygens (including phenoxy) is 2. The van der Waals surface area contributed by atoms with Crippen molar-refractivity contribution in [2.24, 2.45) is 0 Å². The largest absolute Gasteiger partial charge is 0.490 e. The Morgan fingerprint density at radius 1 is 1.42 bits per heavy atom. The van der Waals surface area contributed by atoms with Crippen molar-refractivity contribution in [3.63, 3.8) is 0 Å². The van der Waals surface area contributed by atoms with Crippen molar-refractivity contribution in [1.82, 2.24) is 9.55 Å². The summed E-state index contributed by atoms with van der Waals surface area (Å²) in [6.07, 6.45) is 3.35. The molecule has 0 aliphatic carbocycles. The zero-order chi connectivity index (χ0) is 17.7. The Balaban J connectivity index is 2.41. The normalized spacial score (nSPS) is 10.3. The zero-order valence-electron chi connectivity index (χ0n) is 13.6. The Kier molecular flexibility index (Phi) is 5.35. The molecule has 0 spiro atoms. The molecular formula is C15H18N4O5. The summed E-state index contributed by atoms with van der Waals surface area (Å²) < 4.78 is 11.6. The highest BCUT2D eigenvalue weighted by Crippen LogP contribution is 2.36. The van der Waals surface area contributed by atoms with E-state index in [2.05, 4.69) is 15.0 Å². The van der Waals surface area contributed by atoms with Crippen LogP contribution >= 0.6 is 0 Å². The van der Waals surface area contributed by atoms with Crippen molar-refractivity contribution in [3.8, 4) is 5.75 Å². The van der Waals surface area contributed by atoms with Crippen molar-refractivity contribution in [1.29, 1.82) is 0 Å². The SMILES string of the molecule is CCn1cncc1CNc1cc(C(=O)OC)cc(OC)c1[N+](=O)[O-]. The number of methoxy groups -OCH3 is 2. The molecule has 9 heteroatoms. The van der Waals surface area contributed by atoms with Crippen LogP contribution in [0.25, 0.3) is 0 Å². The standard InChI is InChI=1S/C15H18N4O5/c1-4-18-9-16-7-11(18)8-17-12-5-10(15(20)24-3)6-13(23-2)14(12)19(21)22/h5-7,9,17H,4,8H2,1-3H3. The lowest BCUT2D eigenvalue weighted by atomic mass is 10.1. The third kappa shape index (κ3) is 3.45. The van der Waals surface area contributed by atoms with Crippen molar-refractivity contribution in [3.05, 3.63) is 46.0 Å². The number of hydrogen-bond acceptors (Lipinski definition) is 7. The number of nitro groups is 1. The first-order valence-electron chi connectivity index (χ1n) is 7.19. The maximum absolute atomic E-state index is 11.8. The van der Waals surface area contributed by atoms with Gasteiger partial charge in [0.1, 0.15) is 5.69 Å². The Morgan fingerprint density at radius 2 is 2.17 bits per heavy atom. The van der Waals surface area contributed by atoms with E-state index in [9.17, 15) is 14.9 Å². The number of carbonyl (C=O) groups excluding carboxylic acids is 1. The number of aromatic nitrogens is 2. The predicted octanol–water partition coefficient (Wildman–Crippen LogP) is 2.22. The molecule has 128 valence electrons. The minimum atomic E-state index is -0.607. The Morgan fingerprint density at radius 3 is 2.75 bits per heavy atom. The van der Waals surface area contributed by atoms with Crippen LogP contribution in [0.4, 0.5) is 11.4 Å². The van der Waals surface area contributed by atoms with Crippen molar-refractivity contribution < 1.29 is 19.2 Å². The molecule has 0 bridgehead atoms. The van der Waals surface area contributed by atoms with E-state index in [0.29, 0.717) is 6.54 Å². The van der Waals surface area contributed by atoms with Crippen LogP contribution in [0, 0.1) is 10.1 Å². The molecule has 0 saturated heterocycles. The van der Waals surface area contributed by atoms with Crippen LogP contribution in [-0.4, -0.2) is 34.7 Å². The number of benzene rings is 1. The van der Waals surface area contributed by atoms with Gasteiger partial charge in [0.25, 0.3) is 0 Å². The molecule has 0 radical (unpaired) electrons. The molecule has 0 saturated carbocycles. The van der Waals surface area contributed by atoms with Gasteiger partial charge in [0.15, 0.2) is 5.75 Å². The predicted molar refractivity (Wildman–Crippen MR) is 86.2 cm³/mol. The summed E-state index contributed by atoms with van der Waals surface area (Å²) in [6.45, 7) is 3.00. The Labute approximate surface area is 138 Å². The number of imidazole rings is 1. The van der Waals surface area contributed by atoms with Gasteiger partial charge in [-0.1, -0.05) is 0 Å². The molecule has 24 heavy (non-hydrogen) atoms. The minimum absolute atomic E-state index is 0.0191. The highest BCUT2D eigenvalue weighted by Gasteiger charge is 2.24. The Bertz CT molecular complexity index is 756. The molecule has 0 unspecified atom stereocenters. The second-order valence-electron chi connectivity index (χ2n) is 4.85. The lowest BCUT2D eigenvalue weighted by Gasteiger charge is -2.12. The van der Waals surface area contributed by atoms with Crippen molar-refractivity contribution in [2.45, 2.75) is 20.0 Å². The molecule has 0 amide bonds. The highest BCUT2D eigenvalue weighted by atomic mass is 16.6. The van der Waals surface area contributed by atoms with Crippen LogP contribution in [0.1, 0.15) is 23.0 Å². The minimum Gasteiger partial charge on any atom is -0.490 e. The van der Waals surface area contributed by atoms with Gasteiger partial charge in [-0.25, -0.2) is 9.78 Å². The van der Waals surface area contributed by atoms with E-state index in [1.54, 1.807) is 12.5 Å². The third-order valence-electron chi connectivity index (χ3n) is 3.50. The number of nitrogens with zero attached hydrogens (tertiary/aromatic N) is 3. The van der Waals surface area contributed by atoms with Crippen LogP contribution in [0.3, 0.4) is 0 Å². The van der Waals surface area contributed by atoms with Gasteiger partial charge in [0, 0.05) is 18.8 Å². The van der Waals surface area contributed by atoms with E-state index in [1.165, 1.54) is 26.4 Å². The smallest absolute Gasteiger partial charge is 0.338 e. The molecule has 2 rings (SSSR count). The molecule has 1 N–H and O–H groups in total. The van der Waals surface area contributed by atoms with E-state index in [4.69, 9.17) is 4.74 Å². The van der Waals surface area contributed by atoms with Crippen LogP contribution < -0.4 is 10.1 Å². The van der Waals surface area contributed by atoms with Crippen LogP contribution in [0.5, 0.6) is 5.75 Å². The number of carbonyl (C=O) groups is 1. The lowest BCUT2D eigenvalue weighted by Crippen LogP contribution is -2.10. The molecule has 1 aromatic heterocycles. The van der Waals surface area contributed by atoms with E-state index < -0.39 is 10.9 Å². The third-order valence-corrected chi connectivity index (χ3v) is 3.50. The summed E-state index contributed by atoms with van der Waals surface area (Å²) in [5.74, 6) is -0.626. The number of rotatable bonds is 7. The van der Waals surface area contributed by atoms with E-state index in [-0.39, 0.29) is 22.7 Å². The van der Waals surface area contributed by atoms with Crippen LogP contribution in [-0.2, 0) is 17.8 Å². The summed E-state index contributed by atoms with van der Waals surface area (Å²) in [4.78, 5) is 26.6. The number of nitrogens with one attached hydrogen (secondary N) is 1. The van der Waals surface area contributed by atoms with Crippen LogP contribution in [0.15, 0.2) is 24.7 Å². The number of aryl methyl sites for hydroxylation is 1. The molecule has 1 aromatic carbocycles. The van der Waals surface area contributed by atoms with Crippen molar-refractivity contribution >= 4 is 17.3 Å². The highest BCUT2D eigenvalue weighted by molar-refractivity contribution is 5.93. The number of hydrogen-bond donors (Lipinski definition) is 1. The van der Waals surface area contributed by atoms with Crippen molar-refractivity contribution in [2.75, 3.05) is 19.5 Å². The van der Waals surface area contributed by atoms with Crippen LogP contribution in [0.2, 0.25) is 0 Å². The lowest BCUT2D eigenvalue weighted by molar-refractivity contribution is -0.384. The zero-order valence-corrected chi connectivity index (χ0v) is 13.6. The second kappa shape index (κ2) is 7.44. The van der Waals surface area contributed by atoms with E-state index in [0.717, 1.165) is 12.2 Å². The summed E-state index contributed by atoms with van der Waals surface area (Å²) >= 11 is 0. The van der Waals surface area contributed by atoms with Gasteiger partial charge in [-0.2, -0.15) is 0 Å². The van der Waals surface area contributed by atoms with Gasteiger partial charge in [0.05, 0.1) is 43.3 Å². The van der Waals surface area contributed by atoms with Gasteiger partial charge in [-0.3, -0.25) is 10.1 Å². The molecule has 0 atom stereocenters. The van der Waals surface area contributed by atoms with E-state index in [1.807, 2.05) is 11.5 Å². The van der Waals surface area contributed by atoms with Gasteiger partial charge < -0.3 is 19.4 Å². The number of esters is 1. The fraction of sp³-hybridized carbons (Fsp3) is 0.333. The maximum Gasteiger partial charge on any atom is 0.338 e. The summed E-state index contributed by atoms with van der Waals surface area (Å²) in [5.41, 5.74) is 0.942. The fourth-order valence-electron chi connectivity index (χ4n) is 2.29. The first-order chi connectivity index (χ1) is 11.5. The molecule has 1 heterocycles.